The third-order valence-electron chi connectivity index (χ3n) is 5.33. The molecule has 3 aliphatic carbocycles. The zero-order chi connectivity index (χ0) is 12.8. The van der Waals surface area contributed by atoms with E-state index in [-0.39, 0.29) is 17.2 Å². The fourth-order valence-corrected chi connectivity index (χ4v) is 4.04. The standard InChI is InChI=1S/C14H21NO3/c16-11(10-9-13(10)5-1-2-6-13)15-14(12(17)18)7-3-4-8-14/h10H,1-9H2,(H,15,16)(H,17,18)/t10-/m1/s1. The van der Waals surface area contributed by atoms with Gasteiger partial charge in [-0.1, -0.05) is 25.7 Å². The van der Waals surface area contributed by atoms with Crippen molar-refractivity contribution >= 4 is 11.9 Å². The molecule has 0 radical (unpaired) electrons. The highest BCUT2D eigenvalue weighted by atomic mass is 16.4. The van der Waals surface area contributed by atoms with Gasteiger partial charge in [-0.15, -0.1) is 0 Å². The molecule has 1 amide bonds. The van der Waals surface area contributed by atoms with E-state index >= 15 is 0 Å². The number of hydrogen-bond acceptors (Lipinski definition) is 2. The van der Waals surface area contributed by atoms with Gasteiger partial charge in [-0.05, 0) is 37.5 Å². The van der Waals surface area contributed by atoms with Crippen molar-refractivity contribution in [3.63, 3.8) is 0 Å². The minimum absolute atomic E-state index is 0.00111. The summed E-state index contributed by atoms with van der Waals surface area (Å²) in [6, 6.07) is 0. The molecule has 0 saturated heterocycles. The minimum atomic E-state index is -0.959. The molecule has 0 aromatic carbocycles. The summed E-state index contributed by atoms with van der Waals surface area (Å²) in [5, 5.41) is 12.2. The van der Waals surface area contributed by atoms with E-state index in [1.807, 2.05) is 0 Å². The molecule has 0 aromatic heterocycles. The minimum Gasteiger partial charge on any atom is -0.480 e. The van der Waals surface area contributed by atoms with Crippen LogP contribution in [0.25, 0.3) is 0 Å². The molecule has 1 spiro atoms. The molecule has 18 heavy (non-hydrogen) atoms. The molecule has 3 saturated carbocycles. The average Bonchev–Trinajstić information content (AvgIpc) is 2.68. The van der Waals surface area contributed by atoms with E-state index in [9.17, 15) is 14.7 Å². The van der Waals surface area contributed by atoms with Crippen LogP contribution in [0.1, 0.15) is 57.8 Å². The third kappa shape index (κ3) is 1.73. The molecule has 0 bridgehead atoms. The Kier molecular flexibility index (Phi) is 2.65. The first-order valence-corrected chi connectivity index (χ1v) is 7.14. The Morgan fingerprint density at radius 2 is 1.56 bits per heavy atom. The van der Waals surface area contributed by atoms with E-state index < -0.39 is 11.5 Å². The average molecular weight is 251 g/mol. The molecular formula is C14H21NO3. The maximum Gasteiger partial charge on any atom is 0.329 e. The van der Waals surface area contributed by atoms with Gasteiger partial charge in [-0.2, -0.15) is 0 Å². The van der Waals surface area contributed by atoms with Crippen LogP contribution in [0.2, 0.25) is 0 Å². The number of rotatable bonds is 3. The highest BCUT2D eigenvalue weighted by Gasteiger charge is 2.59. The van der Waals surface area contributed by atoms with Crippen LogP contribution in [0.3, 0.4) is 0 Å². The normalized spacial score (nSPS) is 31.4. The van der Waals surface area contributed by atoms with Crippen molar-refractivity contribution in [2.45, 2.75) is 63.3 Å². The lowest BCUT2D eigenvalue weighted by atomic mass is 9.96. The van der Waals surface area contributed by atoms with Gasteiger partial charge < -0.3 is 10.4 Å². The smallest absolute Gasteiger partial charge is 0.329 e. The summed E-state index contributed by atoms with van der Waals surface area (Å²) in [5.74, 6) is -0.757. The topological polar surface area (TPSA) is 66.4 Å². The lowest BCUT2D eigenvalue weighted by molar-refractivity contribution is -0.147. The van der Waals surface area contributed by atoms with Crippen LogP contribution in [0.4, 0.5) is 0 Å². The van der Waals surface area contributed by atoms with Crippen LogP contribution in [0.15, 0.2) is 0 Å². The Morgan fingerprint density at radius 1 is 1.00 bits per heavy atom. The fraction of sp³-hybridized carbons (Fsp3) is 0.857. The Hall–Kier alpha value is -1.06. The zero-order valence-electron chi connectivity index (χ0n) is 10.7. The first-order valence-electron chi connectivity index (χ1n) is 7.14. The summed E-state index contributed by atoms with van der Waals surface area (Å²) >= 11 is 0. The maximum atomic E-state index is 12.3. The Balaban J connectivity index is 1.66. The van der Waals surface area contributed by atoms with Crippen molar-refractivity contribution in [3.8, 4) is 0 Å². The van der Waals surface area contributed by atoms with E-state index in [1.165, 1.54) is 12.8 Å². The lowest BCUT2D eigenvalue weighted by Gasteiger charge is -2.25. The number of carbonyl (C=O) groups excluding carboxylic acids is 1. The van der Waals surface area contributed by atoms with Crippen LogP contribution in [-0.4, -0.2) is 22.5 Å². The van der Waals surface area contributed by atoms with Crippen molar-refractivity contribution in [1.29, 1.82) is 0 Å². The van der Waals surface area contributed by atoms with Crippen molar-refractivity contribution in [3.05, 3.63) is 0 Å². The van der Waals surface area contributed by atoms with Gasteiger partial charge in [0, 0.05) is 5.92 Å². The second-order valence-corrected chi connectivity index (χ2v) is 6.41. The monoisotopic (exact) mass is 251 g/mol. The van der Waals surface area contributed by atoms with Gasteiger partial charge >= 0.3 is 5.97 Å². The summed E-state index contributed by atoms with van der Waals surface area (Å²) < 4.78 is 0. The first-order chi connectivity index (χ1) is 8.58. The molecule has 1 atom stereocenters. The second kappa shape index (κ2) is 3.97. The highest BCUT2D eigenvalue weighted by molar-refractivity contribution is 5.90. The quantitative estimate of drug-likeness (QED) is 0.807. The number of nitrogens with one attached hydrogen (secondary N) is 1. The summed E-state index contributed by atoms with van der Waals surface area (Å²) in [7, 11) is 0. The van der Waals surface area contributed by atoms with E-state index in [4.69, 9.17) is 0 Å². The van der Waals surface area contributed by atoms with Crippen molar-refractivity contribution in [2.24, 2.45) is 11.3 Å². The Bertz CT molecular complexity index is 379. The van der Waals surface area contributed by atoms with E-state index in [0.29, 0.717) is 12.8 Å². The van der Waals surface area contributed by atoms with Crippen molar-refractivity contribution in [1.82, 2.24) is 5.32 Å². The van der Waals surface area contributed by atoms with Gasteiger partial charge in [0.25, 0.3) is 0 Å². The van der Waals surface area contributed by atoms with Gasteiger partial charge in [0.2, 0.25) is 5.91 Å². The second-order valence-electron chi connectivity index (χ2n) is 6.41. The molecule has 0 aromatic rings. The van der Waals surface area contributed by atoms with Gasteiger partial charge in [0.15, 0.2) is 0 Å². The van der Waals surface area contributed by atoms with Gasteiger partial charge in [-0.3, -0.25) is 4.79 Å². The van der Waals surface area contributed by atoms with Gasteiger partial charge in [-0.25, -0.2) is 4.79 Å². The molecule has 2 N–H and O–H groups in total. The number of amides is 1. The Morgan fingerprint density at radius 3 is 2.11 bits per heavy atom. The maximum absolute atomic E-state index is 12.3. The molecule has 0 heterocycles. The van der Waals surface area contributed by atoms with Crippen molar-refractivity contribution < 1.29 is 14.7 Å². The number of hydrogen-bond donors (Lipinski definition) is 2. The molecular weight excluding hydrogens is 230 g/mol. The van der Waals surface area contributed by atoms with E-state index in [0.717, 1.165) is 32.1 Å². The van der Waals surface area contributed by atoms with Crippen LogP contribution < -0.4 is 5.32 Å². The van der Waals surface area contributed by atoms with E-state index in [1.54, 1.807) is 0 Å². The molecule has 0 unspecified atom stereocenters. The predicted molar refractivity (Wildman–Crippen MR) is 66.0 cm³/mol. The van der Waals surface area contributed by atoms with Crippen LogP contribution in [0, 0.1) is 11.3 Å². The lowest BCUT2D eigenvalue weighted by Crippen LogP contribution is -2.53. The summed E-state index contributed by atoms with van der Waals surface area (Å²) in [5.41, 5.74) is -0.706. The molecule has 3 fully saturated rings. The predicted octanol–water partition coefficient (Wildman–Crippen LogP) is 2.08. The molecule has 0 aliphatic heterocycles. The van der Waals surface area contributed by atoms with E-state index in [2.05, 4.69) is 5.32 Å². The summed E-state index contributed by atoms with van der Waals surface area (Å²) in [4.78, 5) is 23.7. The van der Waals surface area contributed by atoms with Crippen LogP contribution in [0.5, 0.6) is 0 Å². The van der Waals surface area contributed by atoms with Gasteiger partial charge in [0.1, 0.15) is 5.54 Å². The summed E-state index contributed by atoms with van der Waals surface area (Å²) in [6.45, 7) is 0. The van der Waals surface area contributed by atoms with Crippen molar-refractivity contribution in [2.75, 3.05) is 0 Å². The largest absolute Gasteiger partial charge is 0.480 e. The third-order valence-corrected chi connectivity index (χ3v) is 5.33. The molecule has 3 rings (SSSR count). The first kappa shape index (κ1) is 12.0. The SMILES string of the molecule is O=C(NC1(C(=O)O)CCCC1)[C@H]1CC12CCCC2. The number of carbonyl (C=O) groups is 2. The van der Waals surface area contributed by atoms with Gasteiger partial charge in [0.05, 0.1) is 0 Å². The molecule has 100 valence electrons. The van der Waals surface area contributed by atoms with Crippen LogP contribution in [-0.2, 0) is 9.59 Å². The molecule has 4 nitrogen and oxygen atoms in total. The zero-order valence-corrected chi connectivity index (χ0v) is 10.7. The van der Waals surface area contributed by atoms with Crippen LogP contribution >= 0.6 is 0 Å². The molecule has 4 heteroatoms. The molecule has 3 aliphatic rings. The number of carboxylic acid groups (broad SMARTS) is 1. The number of carboxylic acids is 1. The number of aliphatic carboxylic acids is 1. The highest BCUT2D eigenvalue weighted by Crippen LogP contribution is 2.63. The fourth-order valence-electron chi connectivity index (χ4n) is 4.04. The summed E-state index contributed by atoms with van der Waals surface area (Å²) in [6.07, 6.45) is 8.75. The Labute approximate surface area is 107 Å².